The van der Waals surface area contributed by atoms with Gasteiger partial charge in [-0.1, -0.05) is 24.3 Å². The van der Waals surface area contributed by atoms with E-state index in [-0.39, 0.29) is 18.8 Å². The van der Waals surface area contributed by atoms with E-state index in [2.05, 4.69) is 12.5 Å². The van der Waals surface area contributed by atoms with Crippen LogP contribution < -0.4 is 8.92 Å². The molecule has 0 spiro atoms. The molecule has 190 valence electrons. The second kappa shape index (κ2) is 11.9. The van der Waals surface area contributed by atoms with Crippen LogP contribution in [0.4, 0.5) is 0 Å². The van der Waals surface area contributed by atoms with Gasteiger partial charge in [-0.2, -0.15) is 25.3 Å². The van der Waals surface area contributed by atoms with Crippen LogP contribution >= 0.6 is 0 Å². The van der Waals surface area contributed by atoms with Crippen molar-refractivity contribution in [3.8, 4) is 11.5 Å². The standard InChI is InChI=1S/C18H22O13S3/c19-32(20,21)28-11-1-2-14-3-7-16(8-4-14)30-18(13-29-33(22,23)24)12-15-5-9-17(10-6-15)31-34(25,26)27/h3-10,18H,1-2,11-13H2,(H,19,20,21)(H,22,23,24)(H,25,26,27)/t18-/m0/s1. The fourth-order valence-electron chi connectivity index (χ4n) is 2.73. The van der Waals surface area contributed by atoms with Gasteiger partial charge in [0, 0.05) is 6.42 Å². The first-order valence-electron chi connectivity index (χ1n) is 9.44. The Morgan fingerprint density at radius 3 is 1.74 bits per heavy atom. The summed E-state index contributed by atoms with van der Waals surface area (Å²) in [6.45, 7) is -0.725. The lowest BCUT2D eigenvalue weighted by molar-refractivity contribution is 0.123. The Kier molecular flexibility index (Phi) is 9.77. The van der Waals surface area contributed by atoms with Crippen LogP contribution in [0.1, 0.15) is 17.5 Å². The molecule has 0 fully saturated rings. The van der Waals surface area contributed by atoms with E-state index >= 15 is 0 Å². The lowest BCUT2D eigenvalue weighted by Gasteiger charge is -2.19. The summed E-state index contributed by atoms with van der Waals surface area (Å²) in [7, 11) is -13.9. The molecule has 0 heterocycles. The number of ether oxygens (including phenoxy) is 1. The van der Waals surface area contributed by atoms with Crippen LogP contribution in [0, 0.1) is 0 Å². The Hall–Kier alpha value is -2.31. The molecule has 0 aliphatic rings. The van der Waals surface area contributed by atoms with E-state index in [1.807, 2.05) is 0 Å². The normalized spacial score (nSPS) is 13.4. The summed E-state index contributed by atoms with van der Waals surface area (Å²) in [5.74, 6) is 0.198. The maximum atomic E-state index is 11.0. The lowest BCUT2D eigenvalue weighted by atomic mass is 10.1. The van der Waals surface area contributed by atoms with Gasteiger partial charge in [-0.15, -0.1) is 0 Å². The molecule has 0 amide bonds. The summed E-state index contributed by atoms with van der Waals surface area (Å²) in [5, 5.41) is 0. The van der Waals surface area contributed by atoms with Gasteiger partial charge in [0.1, 0.15) is 24.2 Å². The number of rotatable bonds is 14. The second-order valence-electron chi connectivity index (χ2n) is 6.81. The van der Waals surface area contributed by atoms with Crippen LogP contribution in [0.25, 0.3) is 0 Å². The third-order valence-corrected chi connectivity index (χ3v) is 5.36. The summed E-state index contributed by atoms with van der Waals surface area (Å²) >= 11 is 0. The van der Waals surface area contributed by atoms with Crippen LogP contribution in [0.15, 0.2) is 48.5 Å². The van der Waals surface area contributed by atoms with Crippen molar-refractivity contribution < 1.29 is 56.2 Å². The smallest absolute Gasteiger partial charge is 0.446 e. The first kappa shape index (κ1) is 27.9. The van der Waals surface area contributed by atoms with Gasteiger partial charge in [-0.05, 0) is 48.2 Å². The van der Waals surface area contributed by atoms with Gasteiger partial charge in [-0.3, -0.25) is 13.7 Å². The molecular formula is C18H22O13S3. The molecule has 0 bridgehead atoms. The Morgan fingerprint density at radius 1 is 0.676 bits per heavy atom. The van der Waals surface area contributed by atoms with E-state index in [1.165, 1.54) is 24.3 Å². The van der Waals surface area contributed by atoms with Gasteiger partial charge in [0.05, 0.1) is 6.61 Å². The molecule has 0 saturated heterocycles. The molecule has 0 aliphatic heterocycles. The molecule has 34 heavy (non-hydrogen) atoms. The molecule has 16 heteroatoms. The highest BCUT2D eigenvalue weighted by Gasteiger charge is 2.17. The van der Waals surface area contributed by atoms with Crippen LogP contribution in [0.2, 0.25) is 0 Å². The highest BCUT2D eigenvalue weighted by molar-refractivity contribution is 7.81. The zero-order valence-electron chi connectivity index (χ0n) is 17.4. The maximum absolute atomic E-state index is 11.0. The predicted molar refractivity (Wildman–Crippen MR) is 117 cm³/mol. The van der Waals surface area contributed by atoms with Gasteiger partial charge in [-0.25, -0.2) is 8.37 Å². The zero-order valence-corrected chi connectivity index (χ0v) is 19.8. The molecule has 2 aromatic rings. The zero-order chi connectivity index (χ0) is 25.4. The Morgan fingerprint density at radius 2 is 1.21 bits per heavy atom. The highest BCUT2D eigenvalue weighted by atomic mass is 32.3. The maximum Gasteiger partial charge on any atom is 0.446 e. The number of benzene rings is 2. The average Bonchev–Trinajstić information content (AvgIpc) is 2.70. The molecule has 0 aliphatic carbocycles. The highest BCUT2D eigenvalue weighted by Crippen LogP contribution is 2.19. The van der Waals surface area contributed by atoms with Crippen molar-refractivity contribution in [2.45, 2.75) is 25.4 Å². The predicted octanol–water partition coefficient (Wildman–Crippen LogP) is 1.43. The van der Waals surface area contributed by atoms with E-state index in [9.17, 15) is 25.3 Å². The SMILES string of the molecule is O=S(=O)(O)OCCCc1ccc(O[C@H](COS(=O)(=O)O)Cc2ccc(OS(=O)(=O)O)cc2)cc1. The Bertz CT molecular complexity index is 1240. The average molecular weight is 543 g/mol. The van der Waals surface area contributed by atoms with Crippen molar-refractivity contribution in [2.75, 3.05) is 13.2 Å². The van der Waals surface area contributed by atoms with Crippen LogP contribution in [0.5, 0.6) is 11.5 Å². The second-order valence-corrected chi connectivity index (χ2v) is 10.0. The Balaban J connectivity index is 2.02. The summed E-state index contributed by atoms with van der Waals surface area (Å²) < 4.78 is 109. The minimum atomic E-state index is -4.73. The van der Waals surface area contributed by atoms with Gasteiger partial charge in [0.2, 0.25) is 0 Å². The lowest BCUT2D eigenvalue weighted by Crippen LogP contribution is -2.27. The third-order valence-electron chi connectivity index (χ3n) is 4.06. The summed E-state index contributed by atoms with van der Waals surface area (Å²) in [6, 6.07) is 12.0. The summed E-state index contributed by atoms with van der Waals surface area (Å²) in [6.07, 6.45) is -0.0222. The van der Waals surface area contributed by atoms with E-state index < -0.39 is 43.9 Å². The van der Waals surface area contributed by atoms with Gasteiger partial charge in [0.15, 0.2) is 0 Å². The first-order chi connectivity index (χ1) is 15.7. The molecule has 2 aromatic carbocycles. The third kappa shape index (κ3) is 12.2. The molecular weight excluding hydrogens is 520 g/mol. The molecule has 0 aromatic heterocycles. The summed E-state index contributed by atoms with van der Waals surface area (Å²) in [5.41, 5.74) is 1.38. The van der Waals surface area contributed by atoms with E-state index in [4.69, 9.17) is 18.4 Å². The molecule has 13 nitrogen and oxygen atoms in total. The van der Waals surface area contributed by atoms with Crippen molar-refractivity contribution in [2.24, 2.45) is 0 Å². The quantitative estimate of drug-likeness (QED) is 0.229. The first-order valence-corrected chi connectivity index (χ1v) is 13.5. The van der Waals surface area contributed by atoms with Crippen LogP contribution in [-0.4, -0.2) is 58.2 Å². The van der Waals surface area contributed by atoms with E-state index in [0.29, 0.717) is 24.2 Å². The van der Waals surface area contributed by atoms with E-state index in [1.54, 1.807) is 24.3 Å². The van der Waals surface area contributed by atoms with Crippen molar-refractivity contribution in [1.82, 2.24) is 0 Å². The van der Waals surface area contributed by atoms with Gasteiger partial charge in [0.25, 0.3) is 0 Å². The fraction of sp³-hybridized carbons (Fsp3) is 0.333. The number of aryl methyl sites for hydroxylation is 1. The van der Waals surface area contributed by atoms with E-state index in [0.717, 1.165) is 5.56 Å². The molecule has 3 N–H and O–H groups in total. The van der Waals surface area contributed by atoms with Crippen molar-refractivity contribution in [3.63, 3.8) is 0 Å². The number of hydrogen-bond donors (Lipinski definition) is 3. The minimum Gasteiger partial charge on any atom is -0.488 e. The topological polar surface area (TPSA) is 200 Å². The minimum absolute atomic E-state index is 0.0936. The van der Waals surface area contributed by atoms with Crippen LogP contribution in [0.3, 0.4) is 0 Å². The molecule has 2 rings (SSSR count). The van der Waals surface area contributed by atoms with Crippen molar-refractivity contribution >= 4 is 31.2 Å². The van der Waals surface area contributed by atoms with Crippen molar-refractivity contribution in [1.29, 1.82) is 0 Å². The summed E-state index contributed by atoms with van der Waals surface area (Å²) in [4.78, 5) is 0. The molecule has 0 unspecified atom stereocenters. The molecule has 1 atom stereocenters. The monoisotopic (exact) mass is 542 g/mol. The molecule has 0 radical (unpaired) electrons. The number of hydrogen-bond acceptors (Lipinski definition) is 10. The van der Waals surface area contributed by atoms with Gasteiger partial charge >= 0.3 is 31.2 Å². The van der Waals surface area contributed by atoms with Crippen LogP contribution in [-0.2, 0) is 52.4 Å². The molecule has 0 saturated carbocycles. The Labute approximate surface area is 197 Å². The largest absolute Gasteiger partial charge is 0.488 e. The fourth-order valence-corrected chi connectivity index (χ4v) is 3.74. The van der Waals surface area contributed by atoms with Gasteiger partial charge < -0.3 is 8.92 Å². The van der Waals surface area contributed by atoms with Crippen molar-refractivity contribution in [3.05, 3.63) is 59.7 Å².